The third-order valence-electron chi connectivity index (χ3n) is 4.75. The van der Waals surface area contributed by atoms with Gasteiger partial charge in [-0.2, -0.15) is 0 Å². The highest BCUT2D eigenvalue weighted by atomic mass is 32.1. The highest BCUT2D eigenvalue weighted by molar-refractivity contribution is 7.13. The SMILES string of the molecule is CCN(Cc1ccc(C(=O)N(C)C)cc1)C(=O)c1csc(-c2ccccc2C)n1. The van der Waals surface area contributed by atoms with E-state index in [-0.39, 0.29) is 11.8 Å². The van der Waals surface area contributed by atoms with E-state index in [1.165, 1.54) is 11.3 Å². The summed E-state index contributed by atoms with van der Waals surface area (Å²) in [5.74, 6) is -0.122. The Bertz CT molecular complexity index is 1010. The molecule has 0 unspecified atom stereocenters. The summed E-state index contributed by atoms with van der Waals surface area (Å²) in [6.07, 6.45) is 0. The van der Waals surface area contributed by atoms with Crippen LogP contribution in [0.2, 0.25) is 0 Å². The molecule has 0 aliphatic carbocycles. The van der Waals surface area contributed by atoms with Crippen LogP contribution in [0.25, 0.3) is 10.6 Å². The van der Waals surface area contributed by atoms with E-state index in [9.17, 15) is 9.59 Å². The molecule has 3 aromatic rings. The van der Waals surface area contributed by atoms with Crippen LogP contribution in [-0.4, -0.2) is 47.2 Å². The first-order chi connectivity index (χ1) is 13.9. The van der Waals surface area contributed by atoms with Crippen LogP contribution in [0.1, 0.15) is 38.9 Å². The maximum absolute atomic E-state index is 13.0. The van der Waals surface area contributed by atoms with Crippen molar-refractivity contribution < 1.29 is 9.59 Å². The number of carbonyl (C=O) groups excluding carboxylic acids is 2. The first-order valence-corrected chi connectivity index (χ1v) is 10.4. The van der Waals surface area contributed by atoms with Gasteiger partial charge >= 0.3 is 0 Å². The predicted octanol–water partition coefficient (Wildman–Crippen LogP) is 4.48. The number of benzene rings is 2. The van der Waals surface area contributed by atoms with E-state index in [2.05, 4.69) is 4.98 Å². The van der Waals surface area contributed by atoms with Gasteiger partial charge in [0.05, 0.1) is 0 Å². The first-order valence-electron chi connectivity index (χ1n) is 9.52. The number of aryl methyl sites for hydroxylation is 1. The Balaban J connectivity index is 1.74. The molecule has 0 saturated carbocycles. The van der Waals surface area contributed by atoms with Crippen molar-refractivity contribution in [3.05, 3.63) is 76.3 Å². The van der Waals surface area contributed by atoms with Crippen LogP contribution < -0.4 is 0 Å². The fourth-order valence-electron chi connectivity index (χ4n) is 3.03. The molecule has 5 nitrogen and oxygen atoms in total. The summed E-state index contributed by atoms with van der Waals surface area (Å²) in [5, 5.41) is 2.68. The molecule has 2 aromatic carbocycles. The minimum atomic E-state index is -0.0861. The van der Waals surface area contributed by atoms with Crippen LogP contribution in [0.5, 0.6) is 0 Å². The lowest BCUT2D eigenvalue weighted by molar-refractivity contribution is 0.0746. The van der Waals surface area contributed by atoms with Gasteiger partial charge in [-0.1, -0.05) is 36.4 Å². The molecule has 0 aliphatic heterocycles. The van der Waals surface area contributed by atoms with E-state index in [4.69, 9.17) is 0 Å². The standard InChI is InChI=1S/C23H25N3O2S/c1-5-26(14-17-10-12-18(13-11-17)22(27)25(3)4)23(28)20-15-29-21(24-20)19-9-7-6-8-16(19)2/h6-13,15H,5,14H2,1-4H3. The molecule has 0 aliphatic rings. The Kier molecular flexibility index (Phi) is 6.44. The third kappa shape index (κ3) is 4.71. The quantitative estimate of drug-likeness (QED) is 0.605. The van der Waals surface area contributed by atoms with Gasteiger partial charge in [0.2, 0.25) is 0 Å². The van der Waals surface area contributed by atoms with E-state index < -0.39 is 0 Å². The fraction of sp³-hybridized carbons (Fsp3) is 0.261. The van der Waals surface area contributed by atoms with Crippen LogP contribution in [0.3, 0.4) is 0 Å². The normalized spacial score (nSPS) is 10.6. The predicted molar refractivity (Wildman–Crippen MR) is 117 cm³/mol. The van der Waals surface area contributed by atoms with Crippen LogP contribution in [-0.2, 0) is 6.54 Å². The van der Waals surface area contributed by atoms with Gasteiger partial charge in [0.15, 0.2) is 0 Å². The van der Waals surface area contributed by atoms with Crippen LogP contribution in [0.4, 0.5) is 0 Å². The molecule has 0 radical (unpaired) electrons. The molecule has 0 atom stereocenters. The molecular formula is C23H25N3O2S. The van der Waals surface area contributed by atoms with Crippen molar-refractivity contribution in [2.45, 2.75) is 20.4 Å². The zero-order valence-corrected chi connectivity index (χ0v) is 18.0. The van der Waals surface area contributed by atoms with Crippen LogP contribution in [0.15, 0.2) is 53.9 Å². The molecule has 1 heterocycles. The topological polar surface area (TPSA) is 53.5 Å². The summed E-state index contributed by atoms with van der Waals surface area (Å²) in [6.45, 7) is 5.05. The second-order valence-corrected chi connectivity index (χ2v) is 7.93. The Morgan fingerprint density at radius 3 is 2.31 bits per heavy atom. The Morgan fingerprint density at radius 1 is 1.00 bits per heavy atom. The van der Waals surface area contributed by atoms with Gasteiger partial charge in [0, 0.05) is 43.7 Å². The van der Waals surface area contributed by atoms with E-state index >= 15 is 0 Å². The monoisotopic (exact) mass is 407 g/mol. The summed E-state index contributed by atoms with van der Waals surface area (Å²) in [4.78, 5) is 32.9. The molecule has 0 fully saturated rings. The van der Waals surface area contributed by atoms with Crippen molar-refractivity contribution in [2.75, 3.05) is 20.6 Å². The minimum absolute atomic E-state index is 0.0359. The average Bonchev–Trinajstić information content (AvgIpc) is 3.21. The number of rotatable bonds is 6. The highest BCUT2D eigenvalue weighted by Crippen LogP contribution is 2.27. The Morgan fingerprint density at radius 2 is 1.69 bits per heavy atom. The summed E-state index contributed by atoms with van der Waals surface area (Å²) in [6, 6.07) is 15.4. The summed E-state index contributed by atoms with van der Waals surface area (Å²) in [7, 11) is 3.46. The van der Waals surface area contributed by atoms with Gasteiger partial charge < -0.3 is 9.80 Å². The van der Waals surface area contributed by atoms with E-state index in [0.29, 0.717) is 24.3 Å². The summed E-state index contributed by atoms with van der Waals surface area (Å²) >= 11 is 1.49. The summed E-state index contributed by atoms with van der Waals surface area (Å²) < 4.78 is 0. The van der Waals surface area contributed by atoms with Crippen LogP contribution >= 0.6 is 11.3 Å². The van der Waals surface area contributed by atoms with Crippen molar-refractivity contribution in [2.24, 2.45) is 0 Å². The molecule has 150 valence electrons. The van der Waals surface area contributed by atoms with E-state index in [1.54, 1.807) is 36.0 Å². The molecule has 29 heavy (non-hydrogen) atoms. The summed E-state index contributed by atoms with van der Waals surface area (Å²) in [5.41, 5.74) is 4.27. The molecule has 3 rings (SSSR count). The maximum Gasteiger partial charge on any atom is 0.273 e. The average molecular weight is 408 g/mol. The number of amides is 2. The number of aromatic nitrogens is 1. The van der Waals surface area contributed by atoms with Gasteiger partial charge in [0.25, 0.3) is 11.8 Å². The van der Waals surface area contributed by atoms with Crippen molar-refractivity contribution in [1.82, 2.24) is 14.8 Å². The van der Waals surface area contributed by atoms with Gasteiger partial charge in [-0.15, -0.1) is 11.3 Å². The number of hydrogen-bond acceptors (Lipinski definition) is 4. The zero-order valence-electron chi connectivity index (χ0n) is 17.2. The zero-order chi connectivity index (χ0) is 21.0. The smallest absolute Gasteiger partial charge is 0.273 e. The van der Waals surface area contributed by atoms with Gasteiger partial charge in [0.1, 0.15) is 10.7 Å². The molecule has 6 heteroatoms. The molecule has 2 amide bonds. The van der Waals surface area contributed by atoms with Crippen molar-refractivity contribution in [1.29, 1.82) is 0 Å². The van der Waals surface area contributed by atoms with Crippen molar-refractivity contribution in [3.8, 4) is 10.6 Å². The first kappa shape index (κ1) is 20.7. The molecule has 0 saturated heterocycles. The lowest BCUT2D eigenvalue weighted by atomic mass is 10.1. The third-order valence-corrected chi connectivity index (χ3v) is 5.62. The number of nitrogens with zero attached hydrogens (tertiary/aromatic N) is 3. The molecule has 1 aromatic heterocycles. The lowest BCUT2D eigenvalue weighted by Crippen LogP contribution is -2.30. The molecule has 0 bridgehead atoms. The van der Waals surface area contributed by atoms with Crippen molar-refractivity contribution >= 4 is 23.2 Å². The van der Waals surface area contributed by atoms with Crippen molar-refractivity contribution in [3.63, 3.8) is 0 Å². The second-order valence-electron chi connectivity index (χ2n) is 7.07. The van der Waals surface area contributed by atoms with E-state index in [1.807, 2.05) is 55.6 Å². The number of carbonyl (C=O) groups is 2. The van der Waals surface area contributed by atoms with Gasteiger partial charge in [-0.3, -0.25) is 9.59 Å². The van der Waals surface area contributed by atoms with Crippen LogP contribution in [0, 0.1) is 6.92 Å². The molecular weight excluding hydrogens is 382 g/mol. The van der Waals surface area contributed by atoms with Gasteiger partial charge in [-0.25, -0.2) is 4.98 Å². The lowest BCUT2D eigenvalue weighted by Gasteiger charge is -2.20. The molecule has 0 spiro atoms. The minimum Gasteiger partial charge on any atom is -0.345 e. The second kappa shape index (κ2) is 9.01. The Labute approximate surface area is 175 Å². The molecule has 0 N–H and O–H groups in total. The van der Waals surface area contributed by atoms with E-state index in [0.717, 1.165) is 21.7 Å². The maximum atomic E-state index is 13.0. The highest BCUT2D eigenvalue weighted by Gasteiger charge is 2.19. The van der Waals surface area contributed by atoms with Gasteiger partial charge in [-0.05, 0) is 37.1 Å². The fourth-order valence-corrected chi connectivity index (χ4v) is 3.91. The largest absolute Gasteiger partial charge is 0.345 e. The number of hydrogen-bond donors (Lipinski definition) is 0. The Hall–Kier alpha value is -2.99. The number of thiazole rings is 1.